The van der Waals surface area contributed by atoms with Crippen LogP contribution in [0.3, 0.4) is 0 Å². The van der Waals surface area contributed by atoms with E-state index in [-0.39, 0.29) is 17.9 Å². The Morgan fingerprint density at radius 3 is 2.55 bits per heavy atom. The summed E-state index contributed by atoms with van der Waals surface area (Å²) in [5.74, 6) is -1.02. The summed E-state index contributed by atoms with van der Waals surface area (Å²) < 4.78 is 16.0. The van der Waals surface area contributed by atoms with Gasteiger partial charge in [0.1, 0.15) is 6.10 Å². The molecule has 0 aromatic carbocycles. The Balaban J connectivity index is 2.49. The van der Waals surface area contributed by atoms with E-state index in [1.54, 1.807) is 6.08 Å². The summed E-state index contributed by atoms with van der Waals surface area (Å²) in [4.78, 5) is 23.7. The highest BCUT2D eigenvalue weighted by molar-refractivity contribution is 5.83. The number of allylic oxidation sites excluding steroid dienone is 1. The van der Waals surface area contributed by atoms with Crippen molar-refractivity contribution in [1.29, 1.82) is 0 Å². The molecule has 124 valence electrons. The normalized spacial score (nSPS) is 22.8. The predicted octanol–water partition coefficient (Wildman–Crippen LogP) is 3.14. The van der Waals surface area contributed by atoms with Crippen LogP contribution in [0.1, 0.15) is 47.0 Å². The molecular weight excluding hydrogens is 284 g/mol. The van der Waals surface area contributed by atoms with Gasteiger partial charge in [0.05, 0.1) is 6.42 Å². The maximum Gasteiger partial charge on any atom is 0.338 e. The molecule has 1 aliphatic heterocycles. The highest BCUT2D eigenvalue weighted by Gasteiger charge is 2.42. The van der Waals surface area contributed by atoms with Gasteiger partial charge in [-0.1, -0.05) is 39.0 Å². The third-order valence-corrected chi connectivity index (χ3v) is 3.23. The van der Waals surface area contributed by atoms with E-state index in [1.165, 1.54) is 0 Å². The molecule has 0 radical (unpaired) electrons. The van der Waals surface area contributed by atoms with Gasteiger partial charge in [-0.25, -0.2) is 4.79 Å². The van der Waals surface area contributed by atoms with Crippen molar-refractivity contribution in [3.05, 3.63) is 24.8 Å². The van der Waals surface area contributed by atoms with Crippen molar-refractivity contribution in [2.45, 2.75) is 65.5 Å². The van der Waals surface area contributed by atoms with Crippen molar-refractivity contribution < 1.29 is 23.8 Å². The highest BCUT2D eigenvalue weighted by atomic mass is 16.8. The summed E-state index contributed by atoms with van der Waals surface area (Å²) in [6.45, 7) is 15.1. The van der Waals surface area contributed by atoms with E-state index < -0.39 is 24.3 Å². The first-order valence-electron chi connectivity index (χ1n) is 7.46. The van der Waals surface area contributed by atoms with Crippen LogP contribution in [0.4, 0.5) is 0 Å². The molecule has 1 fully saturated rings. The van der Waals surface area contributed by atoms with Crippen LogP contribution in [0.15, 0.2) is 24.8 Å². The first-order chi connectivity index (χ1) is 10.1. The van der Waals surface area contributed by atoms with E-state index >= 15 is 0 Å². The second kappa shape index (κ2) is 7.58. The van der Waals surface area contributed by atoms with Crippen molar-refractivity contribution in [2.24, 2.45) is 5.41 Å². The third-order valence-electron chi connectivity index (χ3n) is 3.23. The Hall–Kier alpha value is -1.62. The number of cyclic esters (lactones) is 1. The first kappa shape index (κ1) is 18.4. The molecule has 0 N–H and O–H groups in total. The molecule has 0 bridgehead atoms. The molecule has 0 saturated carbocycles. The van der Waals surface area contributed by atoms with E-state index in [1.807, 2.05) is 27.7 Å². The quantitative estimate of drug-likeness (QED) is 0.534. The van der Waals surface area contributed by atoms with E-state index in [0.717, 1.165) is 12.0 Å². The second-order valence-electron chi connectivity index (χ2n) is 6.72. The van der Waals surface area contributed by atoms with Crippen molar-refractivity contribution in [3.63, 3.8) is 0 Å². The van der Waals surface area contributed by atoms with Gasteiger partial charge in [-0.15, -0.1) is 6.58 Å². The van der Waals surface area contributed by atoms with Gasteiger partial charge in [0, 0.05) is 5.41 Å². The van der Waals surface area contributed by atoms with Crippen LogP contribution in [-0.4, -0.2) is 30.4 Å². The van der Waals surface area contributed by atoms with Gasteiger partial charge in [0.15, 0.2) is 6.10 Å². The standard InChI is InChI=1S/C17H26O5/c1-7-12(9-8-11(2)3)20-14(18)10-13-15(19)22-16(21-13)17(4,5)6/h7,12-13,16H,1-2,8-10H2,3-6H3/t12-,13+,16+/m1/s1. The van der Waals surface area contributed by atoms with Crippen LogP contribution in [0, 0.1) is 5.41 Å². The summed E-state index contributed by atoms with van der Waals surface area (Å²) in [5.41, 5.74) is 0.679. The van der Waals surface area contributed by atoms with Crippen LogP contribution in [0.25, 0.3) is 0 Å². The lowest BCUT2D eigenvalue weighted by atomic mass is 9.96. The largest absolute Gasteiger partial charge is 0.458 e. The molecule has 0 aromatic rings. The molecule has 1 saturated heterocycles. The van der Waals surface area contributed by atoms with E-state index in [4.69, 9.17) is 14.2 Å². The first-order valence-corrected chi connectivity index (χ1v) is 7.46. The molecule has 1 aliphatic rings. The molecule has 5 heteroatoms. The number of hydrogen-bond acceptors (Lipinski definition) is 5. The van der Waals surface area contributed by atoms with Crippen LogP contribution in [-0.2, 0) is 23.8 Å². The molecule has 5 nitrogen and oxygen atoms in total. The van der Waals surface area contributed by atoms with E-state index in [2.05, 4.69) is 13.2 Å². The lowest BCUT2D eigenvalue weighted by Crippen LogP contribution is -2.28. The summed E-state index contributed by atoms with van der Waals surface area (Å²) in [6.07, 6.45) is 0.873. The number of carbonyl (C=O) groups excluding carboxylic acids is 2. The molecule has 0 amide bonds. The number of hydrogen-bond donors (Lipinski definition) is 0. The number of rotatable bonds is 7. The molecule has 22 heavy (non-hydrogen) atoms. The SMILES string of the molecule is C=C[C@H](CCC(=C)C)OC(=O)C[C@@H]1O[C@H](C(C)(C)C)OC1=O. The zero-order chi connectivity index (χ0) is 16.9. The molecular formula is C17H26O5. The topological polar surface area (TPSA) is 61.8 Å². The Morgan fingerprint density at radius 1 is 1.45 bits per heavy atom. The average Bonchev–Trinajstić information content (AvgIpc) is 2.75. The smallest absolute Gasteiger partial charge is 0.338 e. The molecule has 0 aromatic heterocycles. The predicted molar refractivity (Wildman–Crippen MR) is 83.0 cm³/mol. The molecule has 0 aliphatic carbocycles. The highest BCUT2D eigenvalue weighted by Crippen LogP contribution is 2.30. The third kappa shape index (κ3) is 5.64. The maximum absolute atomic E-state index is 11.9. The van der Waals surface area contributed by atoms with Crippen LogP contribution < -0.4 is 0 Å². The second-order valence-corrected chi connectivity index (χ2v) is 6.72. The van der Waals surface area contributed by atoms with E-state index in [0.29, 0.717) is 6.42 Å². The van der Waals surface area contributed by atoms with Crippen molar-refractivity contribution in [1.82, 2.24) is 0 Å². The van der Waals surface area contributed by atoms with E-state index in [9.17, 15) is 9.59 Å². The van der Waals surface area contributed by atoms with Gasteiger partial charge < -0.3 is 14.2 Å². The molecule has 0 spiro atoms. The number of carbonyl (C=O) groups is 2. The maximum atomic E-state index is 11.9. The van der Waals surface area contributed by atoms with Crippen LogP contribution in [0.5, 0.6) is 0 Å². The number of esters is 2. The molecule has 1 heterocycles. The monoisotopic (exact) mass is 310 g/mol. The summed E-state index contributed by atoms with van der Waals surface area (Å²) in [5, 5.41) is 0. The summed E-state index contributed by atoms with van der Waals surface area (Å²) in [7, 11) is 0. The van der Waals surface area contributed by atoms with Gasteiger partial charge in [-0.3, -0.25) is 4.79 Å². The minimum absolute atomic E-state index is 0.150. The fourth-order valence-corrected chi connectivity index (χ4v) is 1.91. The minimum atomic E-state index is -0.900. The number of ether oxygens (including phenoxy) is 3. The van der Waals surface area contributed by atoms with Crippen LogP contribution in [0.2, 0.25) is 0 Å². The van der Waals surface area contributed by atoms with Crippen molar-refractivity contribution in [3.8, 4) is 0 Å². The van der Waals surface area contributed by atoms with Gasteiger partial charge in [0.2, 0.25) is 6.29 Å². The minimum Gasteiger partial charge on any atom is -0.458 e. The summed E-state index contributed by atoms with van der Waals surface area (Å²) in [6, 6.07) is 0. The van der Waals surface area contributed by atoms with Gasteiger partial charge >= 0.3 is 11.9 Å². The molecule has 3 atom stereocenters. The zero-order valence-electron chi connectivity index (χ0n) is 13.9. The zero-order valence-corrected chi connectivity index (χ0v) is 13.9. The van der Waals surface area contributed by atoms with Gasteiger partial charge in [0.25, 0.3) is 0 Å². The fourth-order valence-electron chi connectivity index (χ4n) is 1.91. The Bertz CT molecular complexity index is 446. The fraction of sp³-hybridized carbons (Fsp3) is 0.647. The van der Waals surface area contributed by atoms with Gasteiger partial charge in [-0.2, -0.15) is 0 Å². The lowest BCUT2D eigenvalue weighted by molar-refractivity contribution is -0.155. The van der Waals surface area contributed by atoms with Crippen molar-refractivity contribution >= 4 is 11.9 Å². The molecule has 1 rings (SSSR count). The summed E-state index contributed by atoms with van der Waals surface area (Å²) >= 11 is 0. The molecule has 0 unspecified atom stereocenters. The van der Waals surface area contributed by atoms with Gasteiger partial charge in [-0.05, 0) is 19.8 Å². The average molecular weight is 310 g/mol. The lowest BCUT2D eigenvalue weighted by Gasteiger charge is -2.24. The Labute approximate surface area is 132 Å². The Kier molecular flexibility index (Phi) is 6.35. The Morgan fingerprint density at radius 2 is 2.09 bits per heavy atom. The van der Waals surface area contributed by atoms with Crippen LogP contribution >= 0.6 is 0 Å². The van der Waals surface area contributed by atoms with Crippen molar-refractivity contribution in [2.75, 3.05) is 0 Å².